The number of thiazole rings is 1. The second-order valence-corrected chi connectivity index (χ2v) is 6.33. The standard InChI is InChI=1S/C17H19NO2S/c19-16(13-6-2-1-3-7-13)10-14-12-21-17(18-14)11-15-8-4-5-9-20-15/h1-3,6-7,12,15H,4-5,8-11H2. The molecule has 110 valence electrons. The van der Waals surface area contributed by atoms with Gasteiger partial charge in [-0.3, -0.25) is 4.79 Å². The van der Waals surface area contributed by atoms with E-state index in [0.717, 1.165) is 35.7 Å². The predicted octanol–water partition coefficient (Wildman–Crippen LogP) is 3.68. The van der Waals surface area contributed by atoms with Crippen molar-refractivity contribution >= 4 is 17.1 Å². The second-order valence-electron chi connectivity index (χ2n) is 5.39. The molecule has 0 bridgehead atoms. The first-order valence-corrected chi connectivity index (χ1v) is 8.32. The van der Waals surface area contributed by atoms with E-state index < -0.39 is 0 Å². The van der Waals surface area contributed by atoms with Gasteiger partial charge in [0.2, 0.25) is 0 Å². The summed E-state index contributed by atoms with van der Waals surface area (Å²) in [6.45, 7) is 0.870. The van der Waals surface area contributed by atoms with E-state index in [9.17, 15) is 4.79 Å². The van der Waals surface area contributed by atoms with Crippen molar-refractivity contribution in [3.8, 4) is 0 Å². The van der Waals surface area contributed by atoms with E-state index in [4.69, 9.17) is 4.74 Å². The smallest absolute Gasteiger partial charge is 0.168 e. The molecule has 0 N–H and O–H groups in total. The first-order chi connectivity index (χ1) is 10.3. The van der Waals surface area contributed by atoms with Crippen molar-refractivity contribution in [2.45, 2.75) is 38.2 Å². The molecule has 1 aromatic heterocycles. The van der Waals surface area contributed by atoms with Gasteiger partial charge in [-0.05, 0) is 19.3 Å². The molecule has 1 atom stereocenters. The topological polar surface area (TPSA) is 39.2 Å². The first kappa shape index (κ1) is 14.4. The van der Waals surface area contributed by atoms with Crippen LogP contribution in [0.1, 0.15) is 40.3 Å². The van der Waals surface area contributed by atoms with Gasteiger partial charge in [-0.25, -0.2) is 4.98 Å². The number of benzene rings is 1. The molecule has 1 fully saturated rings. The predicted molar refractivity (Wildman–Crippen MR) is 83.9 cm³/mol. The molecule has 1 unspecified atom stereocenters. The number of hydrogen-bond acceptors (Lipinski definition) is 4. The van der Waals surface area contributed by atoms with Crippen molar-refractivity contribution in [2.24, 2.45) is 0 Å². The van der Waals surface area contributed by atoms with E-state index in [1.165, 1.54) is 12.8 Å². The van der Waals surface area contributed by atoms with Crippen molar-refractivity contribution in [3.63, 3.8) is 0 Å². The van der Waals surface area contributed by atoms with Crippen LogP contribution >= 0.6 is 11.3 Å². The molecule has 21 heavy (non-hydrogen) atoms. The van der Waals surface area contributed by atoms with Gasteiger partial charge in [0.25, 0.3) is 0 Å². The Balaban J connectivity index is 1.58. The molecular weight excluding hydrogens is 282 g/mol. The molecule has 1 saturated heterocycles. The highest BCUT2D eigenvalue weighted by atomic mass is 32.1. The number of aromatic nitrogens is 1. The van der Waals surface area contributed by atoms with Crippen LogP contribution in [0.4, 0.5) is 0 Å². The van der Waals surface area contributed by atoms with Crippen molar-refractivity contribution in [2.75, 3.05) is 6.61 Å². The van der Waals surface area contributed by atoms with Crippen LogP contribution in [0.2, 0.25) is 0 Å². The van der Waals surface area contributed by atoms with E-state index in [2.05, 4.69) is 4.98 Å². The van der Waals surface area contributed by atoms with E-state index in [-0.39, 0.29) is 5.78 Å². The minimum Gasteiger partial charge on any atom is -0.378 e. The number of carbonyl (C=O) groups is 1. The summed E-state index contributed by atoms with van der Waals surface area (Å²) in [6, 6.07) is 9.40. The summed E-state index contributed by atoms with van der Waals surface area (Å²) in [4.78, 5) is 16.7. The normalized spacial score (nSPS) is 18.6. The minimum absolute atomic E-state index is 0.126. The molecule has 0 amide bonds. The molecule has 3 nitrogen and oxygen atoms in total. The number of ether oxygens (including phenoxy) is 1. The van der Waals surface area contributed by atoms with Gasteiger partial charge in [0.15, 0.2) is 5.78 Å². The second kappa shape index (κ2) is 6.96. The van der Waals surface area contributed by atoms with Gasteiger partial charge < -0.3 is 4.74 Å². The summed E-state index contributed by atoms with van der Waals surface area (Å²) in [5, 5.41) is 3.08. The van der Waals surface area contributed by atoms with Gasteiger partial charge >= 0.3 is 0 Å². The summed E-state index contributed by atoms with van der Waals surface area (Å²) < 4.78 is 5.74. The minimum atomic E-state index is 0.126. The van der Waals surface area contributed by atoms with Gasteiger partial charge in [-0.1, -0.05) is 30.3 Å². The third-order valence-corrected chi connectivity index (χ3v) is 4.63. The number of carbonyl (C=O) groups excluding carboxylic acids is 1. The fraction of sp³-hybridized carbons (Fsp3) is 0.412. The SMILES string of the molecule is O=C(Cc1csc(CC2CCCCO2)n1)c1ccccc1. The molecule has 0 aliphatic carbocycles. The van der Waals surface area contributed by atoms with Gasteiger partial charge in [0, 0.05) is 24.0 Å². The van der Waals surface area contributed by atoms with Crippen LogP contribution in [-0.2, 0) is 17.6 Å². The molecule has 2 aromatic rings. The Hall–Kier alpha value is -1.52. The Morgan fingerprint density at radius 1 is 1.29 bits per heavy atom. The summed E-state index contributed by atoms with van der Waals surface area (Å²) >= 11 is 1.64. The van der Waals surface area contributed by atoms with Crippen LogP contribution in [0.3, 0.4) is 0 Å². The zero-order valence-corrected chi connectivity index (χ0v) is 12.8. The molecule has 1 aromatic carbocycles. The molecule has 0 spiro atoms. The van der Waals surface area contributed by atoms with Gasteiger partial charge in [0.1, 0.15) is 0 Å². The van der Waals surface area contributed by atoms with Crippen LogP contribution in [0, 0.1) is 0 Å². The third-order valence-electron chi connectivity index (χ3n) is 3.71. The molecule has 0 saturated carbocycles. The summed E-state index contributed by atoms with van der Waals surface area (Å²) in [5.74, 6) is 0.126. The largest absolute Gasteiger partial charge is 0.378 e. The monoisotopic (exact) mass is 301 g/mol. The van der Waals surface area contributed by atoms with Crippen LogP contribution < -0.4 is 0 Å². The quantitative estimate of drug-likeness (QED) is 0.791. The molecule has 1 aliphatic rings. The van der Waals surface area contributed by atoms with Gasteiger partial charge in [-0.15, -0.1) is 11.3 Å². The van der Waals surface area contributed by atoms with Gasteiger partial charge in [-0.2, -0.15) is 0 Å². The average Bonchev–Trinajstić information content (AvgIpc) is 2.96. The Morgan fingerprint density at radius 2 is 2.14 bits per heavy atom. The van der Waals surface area contributed by atoms with Crippen LogP contribution in [-0.4, -0.2) is 23.5 Å². The maximum Gasteiger partial charge on any atom is 0.168 e. The maximum absolute atomic E-state index is 12.2. The Labute approximate surface area is 129 Å². The Morgan fingerprint density at radius 3 is 2.90 bits per heavy atom. The van der Waals surface area contributed by atoms with Crippen LogP contribution in [0.25, 0.3) is 0 Å². The van der Waals surface area contributed by atoms with Crippen LogP contribution in [0.5, 0.6) is 0 Å². The van der Waals surface area contributed by atoms with E-state index >= 15 is 0 Å². The van der Waals surface area contributed by atoms with Gasteiger partial charge in [0.05, 0.1) is 23.2 Å². The molecule has 2 heterocycles. The lowest BCUT2D eigenvalue weighted by Crippen LogP contribution is -2.21. The van der Waals surface area contributed by atoms with E-state index in [1.54, 1.807) is 11.3 Å². The molecule has 4 heteroatoms. The van der Waals surface area contributed by atoms with E-state index in [1.807, 2.05) is 35.7 Å². The molecule has 0 radical (unpaired) electrons. The van der Waals surface area contributed by atoms with E-state index in [0.29, 0.717) is 12.5 Å². The fourth-order valence-electron chi connectivity index (χ4n) is 2.58. The first-order valence-electron chi connectivity index (χ1n) is 7.44. The lowest BCUT2D eigenvalue weighted by atomic mass is 10.1. The summed E-state index contributed by atoms with van der Waals surface area (Å²) in [7, 11) is 0. The van der Waals surface area contributed by atoms with Crippen molar-refractivity contribution < 1.29 is 9.53 Å². The third kappa shape index (κ3) is 3.99. The highest BCUT2D eigenvalue weighted by molar-refractivity contribution is 7.09. The Bertz CT molecular complexity index is 588. The highest BCUT2D eigenvalue weighted by Gasteiger charge is 2.17. The van der Waals surface area contributed by atoms with Crippen molar-refractivity contribution in [3.05, 3.63) is 52.0 Å². The Kier molecular flexibility index (Phi) is 4.78. The number of Topliss-reactive ketones (excluding diaryl/α,β-unsaturated/α-hetero) is 1. The lowest BCUT2D eigenvalue weighted by molar-refractivity contribution is 0.0167. The number of rotatable bonds is 5. The summed E-state index contributed by atoms with van der Waals surface area (Å²) in [5.41, 5.74) is 1.63. The highest BCUT2D eigenvalue weighted by Crippen LogP contribution is 2.20. The number of ketones is 1. The summed E-state index contributed by atoms with van der Waals surface area (Å²) in [6.07, 6.45) is 5.11. The average molecular weight is 301 g/mol. The van der Waals surface area contributed by atoms with Crippen molar-refractivity contribution in [1.29, 1.82) is 0 Å². The lowest BCUT2D eigenvalue weighted by Gasteiger charge is -2.21. The van der Waals surface area contributed by atoms with Crippen LogP contribution in [0.15, 0.2) is 35.7 Å². The fourth-order valence-corrected chi connectivity index (χ4v) is 3.44. The maximum atomic E-state index is 12.2. The molecular formula is C17H19NO2S. The number of nitrogens with zero attached hydrogens (tertiary/aromatic N) is 1. The molecule has 1 aliphatic heterocycles. The molecule has 3 rings (SSSR count). The zero-order chi connectivity index (χ0) is 14.5. The number of hydrogen-bond donors (Lipinski definition) is 0. The van der Waals surface area contributed by atoms with Crippen molar-refractivity contribution in [1.82, 2.24) is 4.98 Å². The zero-order valence-electron chi connectivity index (χ0n) is 12.0.